The van der Waals surface area contributed by atoms with Crippen LogP contribution in [0.5, 0.6) is 0 Å². The minimum atomic E-state index is 0.670. The average molecular weight is 269 g/mol. The first kappa shape index (κ1) is 12.4. The van der Waals surface area contributed by atoms with E-state index in [0.29, 0.717) is 5.95 Å². The molecule has 6 nitrogen and oxygen atoms in total. The summed E-state index contributed by atoms with van der Waals surface area (Å²) in [5, 5.41) is 3.36. The normalized spacial score (nSPS) is 10.7. The van der Waals surface area contributed by atoms with Gasteiger partial charge in [-0.1, -0.05) is 35.3 Å². The lowest BCUT2D eigenvalue weighted by Crippen LogP contribution is -2.15. The molecule has 102 valence electrons. The Morgan fingerprint density at radius 1 is 1.20 bits per heavy atom. The van der Waals surface area contributed by atoms with E-state index in [4.69, 9.17) is 0 Å². The van der Waals surface area contributed by atoms with Crippen molar-refractivity contribution in [2.45, 2.75) is 6.54 Å². The molecule has 20 heavy (non-hydrogen) atoms. The molecule has 3 aromatic rings. The highest BCUT2D eigenvalue weighted by molar-refractivity contribution is 5.81. The molecule has 2 aromatic heterocycles. The summed E-state index contributed by atoms with van der Waals surface area (Å²) in [7, 11) is 3.85. The molecule has 0 unspecified atom stereocenters. The third-order valence-corrected chi connectivity index (χ3v) is 3.03. The van der Waals surface area contributed by atoms with Gasteiger partial charge in [0.05, 0.1) is 0 Å². The highest BCUT2D eigenvalue weighted by atomic mass is 15.2. The van der Waals surface area contributed by atoms with Crippen molar-refractivity contribution in [2.75, 3.05) is 24.3 Å². The van der Waals surface area contributed by atoms with Crippen LogP contribution < -0.4 is 15.2 Å². The summed E-state index contributed by atoms with van der Waals surface area (Å²) in [6.07, 6.45) is 1.76. The predicted molar refractivity (Wildman–Crippen MR) is 78.5 cm³/mol. The number of imidazole rings is 1. The van der Waals surface area contributed by atoms with Gasteiger partial charge in [0.25, 0.3) is 0 Å². The molecule has 1 aromatic carbocycles. The van der Waals surface area contributed by atoms with Crippen molar-refractivity contribution in [3.05, 3.63) is 42.2 Å². The number of aromatic nitrogens is 4. The molecule has 3 N–H and O–H groups in total. The van der Waals surface area contributed by atoms with Crippen LogP contribution in [0.15, 0.2) is 36.7 Å². The van der Waals surface area contributed by atoms with Gasteiger partial charge in [-0.05, 0) is 5.56 Å². The van der Waals surface area contributed by atoms with Crippen molar-refractivity contribution in [3.63, 3.8) is 0 Å². The number of rotatable bonds is 4. The monoisotopic (exact) mass is 269 g/mol. The number of nitrogens with zero attached hydrogens (tertiary/aromatic N) is 3. The van der Waals surface area contributed by atoms with Crippen molar-refractivity contribution < 1.29 is 4.98 Å². The van der Waals surface area contributed by atoms with Crippen molar-refractivity contribution in [1.82, 2.24) is 15.0 Å². The van der Waals surface area contributed by atoms with Crippen molar-refractivity contribution in [2.24, 2.45) is 0 Å². The number of aromatic amines is 2. The van der Waals surface area contributed by atoms with E-state index < -0.39 is 0 Å². The SMILES string of the molecule is CN(C)c1nc(NCc2ccccc2)c2[nH]c[nH+]c2n1. The minimum absolute atomic E-state index is 0.670. The Hall–Kier alpha value is -2.63. The van der Waals surface area contributed by atoms with Crippen LogP contribution in [0, 0.1) is 0 Å². The third-order valence-electron chi connectivity index (χ3n) is 3.03. The van der Waals surface area contributed by atoms with Crippen molar-refractivity contribution >= 4 is 22.9 Å². The molecule has 3 rings (SSSR count). The summed E-state index contributed by atoms with van der Waals surface area (Å²) in [6.45, 7) is 0.721. The molecule has 0 spiro atoms. The second kappa shape index (κ2) is 5.16. The molecular weight excluding hydrogens is 252 g/mol. The summed E-state index contributed by atoms with van der Waals surface area (Å²) in [5.74, 6) is 1.47. The lowest BCUT2D eigenvalue weighted by atomic mass is 10.2. The van der Waals surface area contributed by atoms with Gasteiger partial charge in [-0.15, -0.1) is 0 Å². The van der Waals surface area contributed by atoms with E-state index in [-0.39, 0.29) is 0 Å². The van der Waals surface area contributed by atoms with Crippen LogP contribution in [0.2, 0.25) is 0 Å². The minimum Gasteiger partial charge on any atom is -0.363 e. The molecule has 0 radical (unpaired) electrons. The van der Waals surface area contributed by atoms with Crippen molar-refractivity contribution in [1.29, 1.82) is 0 Å². The number of anilines is 2. The van der Waals surface area contributed by atoms with E-state index in [9.17, 15) is 0 Å². The fraction of sp³-hybridized carbons (Fsp3) is 0.214. The first-order chi connectivity index (χ1) is 9.74. The largest absolute Gasteiger partial charge is 0.363 e. The quantitative estimate of drug-likeness (QED) is 0.752. The lowest BCUT2D eigenvalue weighted by Gasteiger charge is -2.09. The number of hydrogen-bond donors (Lipinski definition) is 2. The number of benzene rings is 1. The van der Waals surface area contributed by atoms with Crippen molar-refractivity contribution in [3.8, 4) is 0 Å². The van der Waals surface area contributed by atoms with Gasteiger partial charge >= 0.3 is 11.6 Å². The maximum Gasteiger partial charge on any atom is 0.307 e. The predicted octanol–water partition coefficient (Wildman–Crippen LogP) is 1.45. The summed E-state index contributed by atoms with van der Waals surface area (Å²) in [4.78, 5) is 17.1. The Balaban J connectivity index is 1.91. The number of hydrogen-bond acceptors (Lipinski definition) is 4. The van der Waals surface area contributed by atoms with E-state index in [1.807, 2.05) is 37.2 Å². The highest BCUT2D eigenvalue weighted by Gasteiger charge is 2.16. The van der Waals surface area contributed by atoms with E-state index in [2.05, 4.69) is 37.4 Å². The van der Waals surface area contributed by atoms with Crippen LogP contribution in [0.3, 0.4) is 0 Å². The summed E-state index contributed by atoms with van der Waals surface area (Å²) >= 11 is 0. The van der Waals surface area contributed by atoms with Gasteiger partial charge in [0.2, 0.25) is 5.52 Å². The highest BCUT2D eigenvalue weighted by Crippen LogP contribution is 2.18. The van der Waals surface area contributed by atoms with E-state index in [1.165, 1.54) is 5.56 Å². The van der Waals surface area contributed by atoms with Crippen LogP contribution in [0.25, 0.3) is 11.2 Å². The first-order valence-electron chi connectivity index (χ1n) is 6.46. The van der Waals surface area contributed by atoms with Crippen LogP contribution in [-0.2, 0) is 6.54 Å². The standard InChI is InChI=1S/C14H16N6/c1-20(2)14-18-12(11-13(19-14)17-9-16-11)15-8-10-6-4-3-5-7-10/h3-7,9H,8H2,1-2H3,(H2,15,16,17,18,19)/p+1. The Kier molecular flexibility index (Phi) is 3.20. The fourth-order valence-electron chi connectivity index (χ4n) is 1.98. The Morgan fingerprint density at radius 3 is 2.75 bits per heavy atom. The molecule has 0 amide bonds. The van der Waals surface area contributed by atoms with Gasteiger partial charge in [0, 0.05) is 20.6 Å². The molecule has 0 aliphatic rings. The maximum atomic E-state index is 4.54. The molecule has 0 bridgehead atoms. The molecular formula is C14H17N6+. The molecule has 0 aliphatic heterocycles. The van der Waals surface area contributed by atoms with Gasteiger partial charge < -0.3 is 10.2 Å². The zero-order valence-corrected chi connectivity index (χ0v) is 11.5. The van der Waals surface area contributed by atoms with Gasteiger partial charge in [0.1, 0.15) is 0 Å². The smallest absolute Gasteiger partial charge is 0.307 e. The van der Waals surface area contributed by atoms with Gasteiger partial charge in [0.15, 0.2) is 12.1 Å². The van der Waals surface area contributed by atoms with E-state index >= 15 is 0 Å². The lowest BCUT2D eigenvalue weighted by molar-refractivity contribution is -0.347. The average Bonchev–Trinajstić information content (AvgIpc) is 2.94. The van der Waals surface area contributed by atoms with Crippen LogP contribution in [0.1, 0.15) is 5.56 Å². The first-order valence-corrected chi connectivity index (χ1v) is 6.46. The van der Waals surface area contributed by atoms with E-state index in [0.717, 1.165) is 23.5 Å². The number of nitrogens with one attached hydrogen (secondary N) is 3. The summed E-state index contributed by atoms with van der Waals surface area (Å²) in [6, 6.07) is 10.2. The van der Waals surface area contributed by atoms with Crippen LogP contribution in [-0.4, -0.2) is 29.0 Å². The Morgan fingerprint density at radius 2 is 2.00 bits per heavy atom. The molecule has 6 heteroatoms. The molecule has 0 saturated heterocycles. The zero-order chi connectivity index (χ0) is 13.9. The topological polar surface area (TPSA) is 71.0 Å². The molecule has 2 heterocycles. The van der Waals surface area contributed by atoms with E-state index in [1.54, 1.807) is 6.33 Å². The zero-order valence-electron chi connectivity index (χ0n) is 11.5. The molecule has 0 atom stereocenters. The van der Waals surface area contributed by atoms with Crippen LogP contribution >= 0.6 is 0 Å². The Bertz CT molecular complexity index is 704. The van der Waals surface area contributed by atoms with Gasteiger partial charge in [-0.3, -0.25) is 4.98 Å². The Labute approximate surface area is 116 Å². The second-order valence-corrected chi connectivity index (χ2v) is 4.76. The molecule has 0 aliphatic carbocycles. The molecule has 0 saturated carbocycles. The van der Waals surface area contributed by atoms with Crippen LogP contribution in [0.4, 0.5) is 11.8 Å². The van der Waals surface area contributed by atoms with Gasteiger partial charge in [-0.25, -0.2) is 4.98 Å². The third kappa shape index (κ3) is 2.40. The maximum absolute atomic E-state index is 4.54. The fourth-order valence-corrected chi connectivity index (χ4v) is 1.98. The number of fused-ring (bicyclic) bond motifs is 1. The van der Waals surface area contributed by atoms with Gasteiger partial charge in [-0.2, -0.15) is 4.98 Å². The second-order valence-electron chi connectivity index (χ2n) is 4.76. The summed E-state index contributed by atoms with van der Waals surface area (Å²) in [5.41, 5.74) is 2.88. The summed E-state index contributed by atoms with van der Waals surface area (Å²) < 4.78 is 0. The molecule has 0 fully saturated rings. The number of H-pyrrole nitrogens is 2.